The van der Waals surface area contributed by atoms with Crippen LogP contribution in [0.4, 0.5) is 0 Å². The fourth-order valence-corrected chi connectivity index (χ4v) is 2.39. The fraction of sp³-hybridized carbons (Fsp3) is 0.368. The zero-order valence-corrected chi connectivity index (χ0v) is 14.1. The van der Waals surface area contributed by atoms with Gasteiger partial charge in [0, 0.05) is 18.2 Å². The van der Waals surface area contributed by atoms with Gasteiger partial charge in [0.2, 0.25) is 0 Å². The van der Waals surface area contributed by atoms with Gasteiger partial charge in [-0.3, -0.25) is 0 Å². The number of hydrogen-bond donors (Lipinski definition) is 2. The van der Waals surface area contributed by atoms with Crippen molar-refractivity contribution >= 4 is 11.6 Å². The van der Waals surface area contributed by atoms with Crippen LogP contribution in [0.1, 0.15) is 30.4 Å². The average Bonchev–Trinajstić information content (AvgIpc) is 2.58. The van der Waals surface area contributed by atoms with Gasteiger partial charge in [0.05, 0.1) is 0 Å². The molecule has 4 heteroatoms. The minimum Gasteiger partial charge on any atom is -0.489 e. The first-order valence-corrected chi connectivity index (χ1v) is 8.43. The highest BCUT2D eigenvalue weighted by Crippen LogP contribution is 2.16. The van der Waals surface area contributed by atoms with Crippen LogP contribution in [0, 0.1) is 0 Å². The number of rotatable bonds is 10. The summed E-state index contributed by atoms with van der Waals surface area (Å²) in [6.07, 6.45) is 3.04. The molecule has 0 saturated carbocycles. The van der Waals surface area contributed by atoms with Crippen LogP contribution in [-0.4, -0.2) is 18.3 Å². The Kier molecular flexibility index (Phi) is 7.95. The third-order valence-corrected chi connectivity index (χ3v) is 3.81. The van der Waals surface area contributed by atoms with Crippen LogP contribution < -0.4 is 10.1 Å². The van der Waals surface area contributed by atoms with Crippen molar-refractivity contribution in [3.05, 3.63) is 64.7 Å². The minimum atomic E-state index is 0.285. The number of ether oxygens (including phenoxy) is 1. The Hall–Kier alpha value is -1.55. The lowest BCUT2D eigenvalue weighted by molar-refractivity contribution is 0.283. The van der Waals surface area contributed by atoms with E-state index in [4.69, 9.17) is 21.4 Å². The first-order valence-electron chi connectivity index (χ1n) is 8.05. The lowest BCUT2D eigenvalue weighted by Gasteiger charge is -2.09. The van der Waals surface area contributed by atoms with Gasteiger partial charge in [0.25, 0.3) is 0 Å². The van der Waals surface area contributed by atoms with E-state index in [0.29, 0.717) is 6.61 Å². The molecule has 2 aromatic carbocycles. The number of unbranched alkanes of at least 4 members (excludes halogenated alkanes) is 2. The first kappa shape index (κ1) is 17.8. The van der Waals surface area contributed by atoms with Gasteiger partial charge < -0.3 is 15.2 Å². The predicted molar refractivity (Wildman–Crippen MR) is 94.9 cm³/mol. The fourth-order valence-electron chi connectivity index (χ4n) is 2.26. The molecular formula is C19H24ClNO2. The Labute approximate surface area is 143 Å². The van der Waals surface area contributed by atoms with E-state index in [1.807, 2.05) is 36.4 Å². The second-order valence-electron chi connectivity index (χ2n) is 5.52. The summed E-state index contributed by atoms with van der Waals surface area (Å²) in [5, 5.41) is 12.9. The van der Waals surface area contributed by atoms with E-state index >= 15 is 0 Å². The Bertz CT molecular complexity index is 572. The highest BCUT2D eigenvalue weighted by atomic mass is 35.5. The van der Waals surface area contributed by atoms with Crippen molar-refractivity contribution in [1.29, 1.82) is 0 Å². The number of aliphatic hydroxyl groups excluding tert-OH is 1. The molecule has 3 nitrogen and oxygen atoms in total. The molecule has 0 atom stereocenters. The monoisotopic (exact) mass is 333 g/mol. The molecule has 0 heterocycles. The van der Waals surface area contributed by atoms with Gasteiger partial charge in [-0.25, -0.2) is 0 Å². The maximum atomic E-state index is 8.74. The molecule has 0 spiro atoms. The molecule has 0 bridgehead atoms. The second kappa shape index (κ2) is 10.3. The van der Waals surface area contributed by atoms with Gasteiger partial charge in [-0.15, -0.1) is 0 Å². The Balaban J connectivity index is 1.74. The maximum Gasteiger partial charge on any atom is 0.120 e. The first-order chi connectivity index (χ1) is 11.3. The summed E-state index contributed by atoms with van der Waals surface area (Å²) in [5.41, 5.74) is 2.31. The number of aliphatic hydroxyl groups is 1. The SMILES string of the molecule is OCCCCCNCc1cccc(OCc2ccc(Cl)cc2)c1. The predicted octanol–water partition coefficient (Wildman–Crippen LogP) is 4.17. The smallest absolute Gasteiger partial charge is 0.120 e. The lowest BCUT2D eigenvalue weighted by atomic mass is 10.2. The molecule has 2 N–H and O–H groups in total. The zero-order chi connectivity index (χ0) is 16.3. The summed E-state index contributed by atoms with van der Waals surface area (Å²) in [4.78, 5) is 0. The van der Waals surface area contributed by atoms with Crippen LogP contribution in [0.5, 0.6) is 5.75 Å². The molecule has 0 aliphatic carbocycles. The molecular weight excluding hydrogens is 310 g/mol. The van der Waals surface area contributed by atoms with Crippen molar-refractivity contribution in [2.75, 3.05) is 13.2 Å². The van der Waals surface area contributed by atoms with Gasteiger partial charge in [0.1, 0.15) is 12.4 Å². The quantitative estimate of drug-likeness (QED) is 0.641. The summed E-state index contributed by atoms with van der Waals surface area (Å²) in [6, 6.07) is 15.8. The van der Waals surface area contributed by atoms with E-state index in [2.05, 4.69) is 17.4 Å². The molecule has 0 aromatic heterocycles. The largest absolute Gasteiger partial charge is 0.489 e. The standard InChI is InChI=1S/C19H24ClNO2/c20-18-9-7-16(8-10-18)15-23-19-6-4-5-17(13-19)14-21-11-2-1-3-12-22/h4-10,13,21-22H,1-3,11-12,14-15H2. The highest BCUT2D eigenvalue weighted by molar-refractivity contribution is 6.30. The number of benzene rings is 2. The van der Waals surface area contributed by atoms with Gasteiger partial charge in [-0.2, -0.15) is 0 Å². The summed E-state index contributed by atoms with van der Waals surface area (Å²) >= 11 is 5.88. The van der Waals surface area contributed by atoms with Crippen LogP contribution in [-0.2, 0) is 13.2 Å². The van der Waals surface area contributed by atoms with Gasteiger partial charge in [-0.1, -0.05) is 35.9 Å². The summed E-state index contributed by atoms with van der Waals surface area (Å²) in [7, 11) is 0. The molecule has 0 unspecified atom stereocenters. The molecule has 23 heavy (non-hydrogen) atoms. The van der Waals surface area contributed by atoms with Gasteiger partial charge in [-0.05, 0) is 61.2 Å². The third-order valence-electron chi connectivity index (χ3n) is 3.56. The van der Waals surface area contributed by atoms with Gasteiger partial charge >= 0.3 is 0 Å². The van der Waals surface area contributed by atoms with Crippen molar-refractivity contribution in [3.63, 3.8) is 0 Å². The van der Waals surface area contributed by atoms with Crippen molar-refractivity contribution < 1.29 is 9.84 Å². The third kappa shape index (κ3) is 7.04. The van der Waals surface area contributed by atoms with Crippen molar-refractivity contribution in [1.82, 2.24) is 5.32 Å². The number of halogens is 1. The van der Waals surface area contributed by atoms with E-state index in [1.54, 1.807) is 0 Å². The van der Waals surface area contributed by atoms with Crippen molar-refractivity contribution in [2.24, 2.45) is 0 Å². The summed E-state index contributed by atoms with van der Waals surface area (Å²) < 4.78 is 5.83. The molecule has 0 amide bonds. The lowest BCUT2D eigenvalue weighted by Crippen LogP contribution is -2.14. The summed E-state index contributed by atoms with van der Waals surface area (Å²) in [6.45, 7) is 2.62. The van der Waals surface area contributed by atoms with Crippen LogP contribution in [0.3, 0.4) is 0 Å². The topological polar surface area (TPSA) is 41.5 Å². The molecule has 2 aromatic rings. The Morgan fingerprint density at radius 3 is 2.57 bits per heavy atom. The molecule has 0 aliphatic rings. The van der Waals surface area contributed by atoms with Crippen LogP contribution in [0.2, 0.25) is 5.02 Å². The van der Waals surface area contributed by atoms with Crippen LogP contribution in [0.25, 0.3) is 0 Å². The highest BCUT2D eigenvalue weighted by Gasteiger charge is 1.99. The Morgan fingerprint density at radius 2 is 1.78 bits per heavy atom. The number of hydrogen-bond acceptors (Lipinski definition) is 3. The second-order valence-corrected chi connectivity index (χ2v) is 5.96. The van der Waals surface area contributed by atoms with Crippen molar-refractivity contribution in [2.45, 2.75) is 32.4 Å². The molecule has 0 saturated heterocycles. The van der Waals surface area contributed by atoms with Crippen molar-refractivity contribution in [3.8, 4) is 5.75 Å². The molecule has 0 radical (unpaired) electrons. The van der Waals surface area contributed by atoms with Crippen LogP contribution >= 0.6 is 11.6 Å². The molecule has 2 rings (SSSR count). The molecule has 0 fully saturated rings. The van der Waals surface area contributed by atoms with E-state index in [0.717, 1.165) is 48.7 Å². The number of nitrogens with one attached hydrogen (secondary N) is 1. The van der Waals surface area contributed by atoms with Crippen LogP contribution in [0.15, 0.2) is 48.5 Å². The average molecular weight is 334 g/mol. The van der Waals surface area contributed by atoms with E-state index < -0.39 is 0 Å². The van der Waals surface area contributed by atoms with E-state index in [9.17, 15) is 0 Å². The minimum absolute atomic E-state index is 0.285. The van der Waals surface area contributed by atoms with E-state index in [1.165, 1.54) is 5.56 Å². The summed E-state index contributed by atoms with van der Waals surface area (Å²) in [5.74, 6) is 0.875. The van der Waals surface area contributed by atoms with Gasteiger partial charge in [0.15, 0.2) is 0 Å². The molecule has 124 valence electrons. The Morgan fingerprint density at radius 1 is 0.957 bits per heavy atom. The van der Waals surface area contributed by atoms with E-state index in [-0.39, 0.29) is 6.61 Å². The normalized spacial score (nSPS) is 10.7. The maximum absolute atomic E-state index is 8.74. The molecule has 0 aliphatic heterocycles. The zero-order valence-electron chi connectivity index (χ0n) is 13.3.